The number of nitrogens with one attached hydrogen (secondary N) is 2. The fourth-order valence-corrected chi connectivity index (χ4v) is 5.17. The summed E-state index contributed by atoms with van der Waals surface area (Å²) < 4.78 is 30.0. The van der Waals surface area contributed by atoms with E-state index in [2.05, 4.69) is 17.0 Å². The molecule has 1 aliphatic carbocycles. The van der Waals surface area contributed by atoms with Crippen molar-refractivity contribution >= 4 is 10.2 Å². The number of hydrogen-bond acceptors (Lipinski definition) is 3. The quantitative estimate of drug-likeness (QED) is 0.706. The first-order valence-corrected chi connectivity index (χ1v) is 10.1. The molecule has 0 amide bonds. The third-order valence-electron chi connectivity index (χ3n) is 4.61. The molecule has 0 aromatic carbocycles. The Morgan fingerprint density at radius 3 is 2.48 bits per heavy atom. The highest BCUT2D eigenvalue weighted by Gasteiger charge is 2.33. The standard InChI is InChI=1S/C15H31N3O2S/c1-2-11-16-13-15-10-6-7-12-18(15)21(19,20)17-14-8-4-3-5-9-14/h14-17H,2-13H2,1H3. The number of piperidine rings is 1. The summed E-state index contributed by atoms with van der Waals surface area (Å²) in [7, 11) is -3.33. The highest BCUT2D eigenvalue weighted by molar-refractivity contribution is 7.87. The minimum atomic E-state index is -3.33. The highest BCUT2D eigenvalue weighted by Crippen LogP contribution is 2.22. The van der Waals surface area contributed by atoms with Gasteiger partial charge in [0.1, 0.15) is 0 Å². The molecule has 1 heterocycles. The van der Waals surface area contributed by atoms with Gasteiger partial charge in [-0.25, -0.2) is 0 Å². The van der Waals surface area contributed by atoms with Crippen LogP contribution in [0.5, 0.6) is 0 Å². The Morgan fingerprint density at radius 2 is 1.76 bits per heavy atom. The lowest BCUT2D eigenvalue weighted by Gasteiger charge is -2.36. The van der Waals surface area contributed by atoms with Crippen LogP contribution in [-0.4, -0.2) is 44.4 Å². The topological polar surface area (TPSA) is 61.4 Å². The SMILES string of the molecule is CCCNCC1CCCCN1S(=O)(=O)NC1CCCCC1. The fraction of sp³-hybridized carbons (Fsp3) is 1.00. The molecule has 124 valence electrons. The lowest BCUT2D eigenvalue weighted by atomic mass is 9.96. The molecule has 0 radical (unpaired) electrons. The maximum atomic E-state index is 12.7. The highest BCUT2D eigenvalue weighted by atomic mass is 32.2. The number of rotatable bonds is 7. The second-order valence-corrected chi connectivity index (χ2v) is 8.08. The zero-order valence-corrected chi connectivity index (χ0v) is 14.1. The average molecular weight is 317 g/mol. The van der Waals surface area contributed by atoms with Crippen LogP contribution >= 0.6 is 0 Å². The first-order valence-electron chi connectivity index (χ1n) is 8.63. The van der Waals surface area contributed by atoms with Gasteiger partial charge in [-0.2, -0.15) is 17.4 Å². The van der Waals surface area contributed by atoms with E-state index < -0.39 is 10.2 Å². The van der Waals surface area contributed by atoms with Gasteiger partial charge in [-0.15, -0.1) is 0 Å². The predicted molar refractivity (Wildman–Crippen MR) is 86.4 cm³/mol. The van der Waals surface area contributed by atoms with E-state index in [1.807, 2.05) is 0 Å². The Bertz CT molecular complexity index is 394. The zero-order valence-electron chi connectivity index (χ0n) is 13.3. The molecule has 1 atom stereocenters. The summed E-state index contributed by atoms with van der Waals surface area (Å²) in [5, 5.41) is 3.38. The van der Waals surface area contributed by atoms with E-state index in [1.165, 1.54) is 6.42 Å². The van der Waals surface area contributed by atoms with Crippen molar-refractivity contribution in [3.63, 3.8) is 0 Å². The smallest absolute Gasteiger partial charge is 0.279 e. The van der Waals surface area contributed by atoms with E-state index in [-0.39, 0.29) is 12.1 Å². The Labute approximate surface area is 130 Å². The first kappa shape index (κ1) is 17.2. The molecule has 21 heavy (non-hydrogen) atoms. The molecule has 2 fully saturated rings. The van der Waals surface area contributed by atoms with Crippen LogP contribution in [0.2, 0.25) is 0 Å². The summed E-state index contributed by atoms with van der Waals surface area (Å²) >= 11 is 0. The number of hydrogen-bond donors (Lipinski definition) is 2. The van der Waals surface area contributed by atoms with Gasteiger partial charge >= 0.3 is 0 Å². The van der Waals surface area contributed by atoms with Gasteiger partial charge < -0.3 is 5.32 Å². The van der Waals surface area contributed by atoms with Crippen LogP contribution in [0.4, 0.5) is 0 Å². The van der Waals surface area contributed by atoms with Crippen LogP contribution in [0, 0.1) is 0 Å². The monoisotopic (exact) mass is 317 g/mol. The Morgan fingerprint density at radius 1 is 1.05 bits per heavy atom. The van der Waals surface area contributed by atoms with Crippen molar-refractivity contribution in [3.8, 4) is 0 Å². The summed E-state index contributed by atoms with van der Waals surface area (Å²) in [4.78, 5) is 0. The molecular formula is C15H31N3O2S. The van der Waals surface area contributed by atoms with E-state index in [0.717, 1.165) is 64.5 Å². The summed E-state index contributed by atoms with van der Waals surface area (Å²) in [6, 6.07) is 0.265. The van der Waals surface area contributed by atoms with E-state index in [9.17, 15) is 8.42 Å². The van der Waals surface area contributed by atoms with Gasteiger partial charge in [-0.05, 0) is 38.6 Å². The Kier molecular flexibility index (Phi) is 6.92. The van der Waals surface area contributed by atoms with Crippen LogP contribution in [0.15, 0.2) is 0 Å². The lowest BCUT2D eigenvalue weighted by Crippen LogP contribution is -2.54. The summed E-state index contributed by atoms with van der Waals surface area (Å²) in [6.45, 7) is 4.54. The molecule has 1 unspecified atom stereocenters. The molecule has 1 saturated carbocycles. The minimum absolute atomic E-state index is 0.117. The van der Waals surface area contributed by atoms with Gasteiger partial charge in [0.15, 0.2) is 0 Å². The number of nitrogens with zero attached hydrogens (tertiary/aromatic N) is 1. The van der Waals surface area contributed by atoms with E-state index >= 15 is 0 Å². The summed E-state index contributed by atoms with van der Waals surface area (Å²) in [6.07, 6.45) is 9.69. The molecule has 1 aliphatic heterocycles. The van der Waals surface area contributed by atoms with Gasteiger partial charge in [0.2, 0.25) is 0 Å². The van der Waals surface area contributed by atoms with Gasteiger partial charge in [-0.1, -0.05) is 32.6 Å². The third kappa shape index (κ3) is 5.20. The molecule has 2 rings (SSSR count). The van der Waals surface area contributed by atoms with E-state index in [1.54, 1.807) is 4.31 Å². The maximum Gasteiger partial charge on any atom is 0.279 e. The molecule has 5 nitrogen and oxygen atoms in total. The summed E-state index contributed by atoms with van der Waals surface area (Å²) in [5.41, 5.74) is 0. The average Bonchev–Trinajstić information content (AvgIpc) is 2.48. The van der Waals surface area contributed by atoms with Crippen molar-refractivity contribution in [1.82, 2.24) is 14.3 Å². The van der Waals surface area contributed by atoms with Crippen LogP contribution < -0.4 is 10.0 Å². The third-order valence-corrected chi connectivity index (χ3v) is 6.34. The Hall–Kier alpha value is -0.170. The molecular weight excluding hydrogens is 286 g/mol. The molecule has 6 heteroatoms. The van der Waals surface area contributed by atoms with Crippen LogP contribution in [0.1, 0.15) is 64.7 Å². The van der Waals surface area contributed by atoms with Gasteiger partial charge in [0.25, 0.3) is 10.2 Å². The van der Waals surface area contributed by atoms with Crippen molar-refractivity contribution < 1.29 is 8.42 Å². The fourth-order valence-electron chi connectivity index (χ4n) is 3.44. The molecule has 0 spiro atoms. The van der Waals surface area contributed by atoms with Crippen molar-refractivity contribution in [1.29, 1.82) is 0 Å². The molecule has 0 bridgehead atoms. The van der Waals surface area contributed by atoms with Crippen molar-refractivity contribution in [2.45, 2.75) is 76.8 Å². The van der Waals surface area contributed by atoms with Crippen LogP contribution in [-0.2, 0) is 10.2 Å². The lowest BCUT2D eigenvalue weighted by molar-refractivity contribution is 0.240. The second kappa shape index (κ2) is 8.46. The van der Waals surface area contributed by atoms with Gasteiger partial charge in [0.05, 0.1) is 0 Å². The van der Waals surface area contributed by atoms with Crippen molar-refractivity contribution in [2.75, 3.05) is 19.6 Å². The second-order valence-electron chi connectivity index (χ2n) is 6.42. The molecule has 0 aromatic heterocycles. The van der Waals surface area contributed by atoms with Crippen molar-refractivity contribution in [2.24, 2.45) is 0 Å². The van der Waals surface area contributed by atoms with Gasteiger partial charge in [-0.3, -0.25) is 0 Å². The maximum absolute atomic E-state index is 12.7. The molecule has 2 N–H and O–H groups in total. The van der Waals surface area contributed by atoms with E-state index in [0.29, 0.717) is 6.54 Å². The van der Waals surface area contributed by atoms with Gasteiger partial charge in [0, 0.05) is 25.2 Å². The normalized spacial score (nSPS) is 26.0. The van der Waals surface area contributed by atoms with Crippen LogP contribution in [0.3, 0.4) is 0 Å². The first-order chi connectivity index (χ1) is 10.1. The molecule has 0 aromatic rings. The zero-order chi connectivity index (χ0) is 15.1. The minimum Gasteiger partial charge on any atom is -0.315 e. The Balaban J connectivity index is 1.93. The van der Waals surface area contributed by atoms with Crippen molar-refractivity contribution in [3.05, 3.63) is 0 Å². The molecule has 1 saturated heterocycles. The molecule has 2 aliphatic rings. The summed E-state index contributed by atoms with van der Waals surface area (Å²) in [5.74, 6) is 0. The van der Waals surface area contributed by atoms with E-state index in [4.69, 9.17) is 0 Å². The predicted octanol–water partition coefficient (Wildman–Crippen LogP) is 2.01. The van der Waals surface area contributed by atoms with Crippen LogP contribution in [0.25, 0.3) is 0 Å². The largest absolute Gasteiger partial charge is 0.315 e.